The van der Waals surface area contributed by atoms with Gasteiger partial charge in [0.15, 0.2) is 18.1 Å². The molecule has 0 radical (unpaired) electrons. The molecular weight excluding hydrogens is 402 g/mol. The quantitative estimate of drug-likeness (QED) is 0.506. The number of hydrazone groups is 1. The van der Waals surface area contributed by atoms with Gasteiger partial charge in [0.05, 0.1) is 17.3 Å². The summed E-state index contributed by atoms with van der Waals surface area (Å²) in [4.78, 5) is 22.9. The number of benzene rings is 2. The number of nitrogens with two attached hydrogens (primary N) is 1. The molecule has 3 N–H and O–H groups in total. The number of hydrogen-bond acceptors (Lipinski definition) is 5. The van der Waals surface area contributed by atoms with Gasteiger partial charge < -0.3 is 15.2 Å². The van der Waals surface area contributed by atoms with E-state index in [-0.39, 0.29) is 12.5 Å². The summed E-state index contributed by atoms with van der Waals surface area (Å²) in [5.41, 5.74) is 8.74. The molecule has 26 heavy (non-hydrogen) atoms. The van der Waals surface area contributed by atoms with Crippen molar-refractivity contribution >= 4 is 34.0 Å². The van der Waals surface area contributed by atoms with Gasteiger partial charge in [-0.1, -0.05) is 18.2 Å². The highest BCUT2D eigenvalue weighted by molar-refractivity contribution is 9.10. The molecule has 2 amide bonds. The van der Waals surface area contributed by atoms with Crippen molar-refractivity contribution in [3.8, 4) is 11.5 Å². The highest BCUT2D eigenvalue weighted by atomic mass is 79.9. The fraction of sp³-hybridized carbons (Fsp3) is 0.167. The highest BCUT2D eigenvalue weighted by Gasteiger charge is 2.13. The summed E-state index contributed by atoms with van der Waals surface area (Å²) in [5.74, 6) is -0.101. The van der Waals surface area contributed by atoms with Gasteiger partial charge in [-0.05, 0) is 52.7 Å². The number of ether oxygens (including phenoxy) is 2. The lowest BCUT2D eigenvalue weighted by molar-refractivity contribution is -0.119. The zero-order valence-corrected chi connectivity index (χ0v) is 15.7. The number of amides is 2. The Morgan fingerprint density at radius 2 is 1.96 bits per heavy atom. The summed E-state index contributed by atoms with van der Waals surface area (Å²) in [6.45, 7) is 1.97. The zero-order chi connectivity index (χ0) is 18.9. The lowest BCUT2D eigenvalue weighted by atomic mass is 10.2. The largest absolute Gasteiger partial charge is 0.490 e. The first-order valence-electron chi connectivity index (χ1n) is 7.77. The lowest BCUT2D eigenvalue weighted by Gasteiger charge is -2.13. The summed E-state index contributed by atoms with van der Waals surface area (Å²) in [5, 5.41) is 3.95. The van der Waals surface area contributed by atoms with Crippen molar-refractivity contribution in [1.29, 1.82) is 0 Å². The van der Waals surface area contributed by atoms with Crippen LogP contribution >= 0.6 is 15.9 Å². The second kappa shape index (κ2) is 9.57. The van der Waals surface area contributed by atoms with Crippen LogP contribution in [0.1, 0.15) is 22.8 Å². The van der Waals surface area contributed by atoms with Gasteiger partial charge in [-0.15, -0.1) is 0 Å². The van der Waals surface area contributed by atoms with Gasteiger partial charge in [0.2, 0.25) is 0 Å². The average molecular weight is 420 g/mol. The summed E-state index contributed by atoms with van der Waals surface area (Å²) in [6.07, 6.45) is 1.48. The van der Waals surface area contributed by atoms with E-state index < -0.39 is 5.91 Å². The van der Waals surface area contributed by atoms with E-state index in [1.165, 1.54) is 6.21 Å². The normalized spacial score (nSPS) is 10.5. The molecule has 0 aromatic heterocycles. The number of rotatable bonds is 8. The van der Waals surface area contributed by atoms with Crippen molar-refractivity contribution < 1.29 is 19.1 Å². The van der Waals surface area contributed by atoms with E-state index in [2.05, 4.69) is 26.5 Å². The first kappa shape index (κ1) is 19.5. The lowest BCUT2D eigenvalue weighted by Crippen LogP contribution is -2.20. The standard InChI is InChI=1S/C18H18BrN3O4/c1-2-25-15-9-12(8-14(19)17(15)26-11-16(20)23)10-21-22-18(24)13-6-4-3-5-7-13/h3-10H,2,11H2,1H3,(H2,20,23)(H,22,24)/b21-10+. The molecule has 0 aliphatic carbocycles. The van der Waals surface area contributed by atoms with E-state index in [0.717, 1.165) is 0 Å². The van der Waals surface area contributed by atoms with Crippen molar-refractivity contribution in [3.63, 3.8) is 0 Å². The monoisotopic (exact) mass is 419 g/mol. The van der Waals surface area contributed by atoms with Crippen LogP contribution in [-0.2, 0) is 4.79 Å². The van der Waals surface area contributed by atoms with Gasteiger partial charge in [0.1, 0.15) is 0 Å². The second-order valence-electron chi connectivity index (χ2n) is 5.08. The van der Waals surface area contributed by atoms with Crippen LogP contribution in [0.3, 0.4) is 0 Å². The molecule has 0 aliphatic heterocycles. The molecule has 2 aromatic rings. The maximum Gasteiger partial charge on any atom is 0.271 e. The van der Waals surface area contributed by atoms with Crippen molar-refractivity contribution in [1.82, 2.24) is 5.43 Å². The fourth-order valence-corrected chi connectivity index (χ4v) is 2.60. The minimum absolute atomic E-state index is 0.265. The molecule has 0 bridgehead atoms. The molecule has 0 spiro atoms. The molecule has 0 saturated heterocycles. The van der Waals surface area contributed by atoms with Crippen molar-refractivity contribution in [2.45, 2.75) is 6.92 Å². The first-order valence-corrected chi connectivity index (χ1v) is 8.56. The second-order valence-corrected chi connectivity index (χ2v) is 5.94. The maximum absolute atomic E-state index is 12.0. The van der Waals surface area contributed by atoms with Crippen LogP contribution in [0, 0.1) is 0 Å². The Morgan fingerprint density at radius 1 is 1.23 bits per heavy atom. The van der Waals surface area contributed by atoms with Crippen molar-refractivity contribution in [2.75, 3.05) is 13.2 Å². The number of primary amides is 1. The van der Waals surface area contributed by atoms with E-state index >= 15 is 0 Å². The highest BCUT2D eigenvalue weighted by Crippen LogP contribution is 2.36. The fourth-order valence-electron chi connectivity index (χ4n) is 2.03. The third kappa shape index (κ3) is 5.59. The van der Waals surface area contributed by atoms with Crippen LogP contribution in [0.15, 0.2) is 52.0 Å². The third-order valence-electron chi connectivity index (χ3n) is 3.11. The number of nitrogens with zero attached hydrogens (tertiary/aromatic N) is 1. The molecule has 7 nitrogen and oxygen atoms in total. The minimum Gasteiger partial charge on any atom is -0.490 e. The molecule has 0 heterocycles. The van der Waals surface area contributed by atoms with Crippen LogP contribution in [0.2, 0.25) is 0 Å². The smallest absolute Gasteiger partial charge is 0.271 e. The van der Waals surface area contributed by atoms with E-state index in [0.29, 0.717) is 33.7 Å². The van der Waals surface area contributed by atoms with Crippen LogP contribution < -0.4 is 20.6 Å². The molecule has 8 heteroatoms. The minimum atomic E-state index is -0.589. The molecular formula is C18H18BrN3O4. The molecule has 0 saturated carbocycles. The van der Waals surface area contributed by atoms with E-state index in [9.17, 15) is 9.59 Å². The predicted molar refractivity (Wildman–Crippen MR) is 102 cm³/mol. The Bertz CT molecular complexity index is 810. The van der Waals surface area contributed by atoms with Gasteiger partial charge >= 0.3 is 0 Å². The van der Waals surface area contributed by atoms with Crippen LogP contribution in [0.5, 0.6) is 11.5 Å². The van der Waals surface area contributed by atoms with Gasteiger partial charge in [0.25, 0.3) is 11.8 Å². The molecule has 0 fully saturated rings. The van der Waals surface area contributed by atoms with E-state index in [4.69, 9.17) is 15.2 Å². The Morgan fingerprint density at radius 3 is 2.62 bits per heavy atom. The average Bonchev–Trinajstić information content (AvgIpc) is 2.61. The summed E-state index contributed by atoms with van der Waals surface area (Å²) in [6, 6.07) is 12.2. The van der Waals surface area contributed by atoms with Gasteiger partial charge in [-0.3, -0.25) is 9.59 Å². The Kier molecular flexibility index (Phi) is 7.16. The van der Waals surface area contributed by atoms with Crippen molar-refractivity contribution in [2.24, 2.45) is 10.8 Å². The van der Waals surface area contributed by atoms with Crippen LogP contribution in [0.25, 0.3) is 0 Å². The molecule has 0 aliphatic rings. The van der Waals surface area contributed by atoms with Crippen LogP contribution in [0.4, 0.5) is 0 Å². The van der Waals surface area contributed by atoms with Gasteiger partial charge in [-0.25, -0.2) is 5.43 Å². The van der Waals surface area contributed by atoms with E-state index in [1.54, 1.807) is 36.4 Å². The van der Waals surface area contributed by atoms with Gasteiger partial charge in [0, 0.05) is 5.56 Å². The number of halogens is 1. The first-order chi connectivity index (χ1) is 12.5. The predicted octanol–water partition coefficient (Wildman–Crippen LogP) is 2.48. The summed E-state index contributed by atoms with van der Waals surface area (Å²) >= 11 is 3.37. The molecule has 2 aromatic carbocycles. The number of carbonyl (C=O) groups is 2. The molecule has 0 unspecified atom stereocenters. The zero-order valence-electron chi connectivity index (χ0n) is 14.1. The maximum atomic E-state index is 12.0. The van der Waals surface area contributed by atoms with Crippen LogP contribution in [-0.4, -0.2) is 31.2 Å². The Labute approximate surface area is 159 Å². The molecule has 0 atom stereocenters. The number of hydrogen-bond donors (Lipinski definition) is 2. The van der Waals surface area contributed by atoms with E-state index in [1.807, 2.05) is 13.0 Å². The topological polar surface area (TPSA) is 103 Å². The Balaban J connectivity index is 2.13. The third-order valence-corrected chi connectivity index (χ3v) is 3.70. The summed E-state index contributed by atoms with van der Waals surface area (Å²) in [7, 11) is 0. The number of nitrogens with one attached hydrogen (secondary N) is 1. The van der Waals surface area contributed by atoms with Gasteiger partial charge in [-0.2, -0.15) is 5.10 Å². The summed E-state index contributed by atoms with van der Waals surface area (Å²) < 4.78 is 11.5. The molecule has 136 valence electrons. The van der Waals surface area contributed by atoms with Crippen molar-refractivity contribution in [3.05, 3.63) is 58.1 Å². The SMILES string of the molecule is CCOc1cc(/C=N/NC(=O)c2ccccc2)cc(Br)c1OCC(N)=O. The number of carbonyl (C=O) groups excluding carboxylic acids is 2. The molecule has 2 rings (SSSR count). The Hall–Kier alpha value is -2.87.